The summed E-state index contributed by atoms with van der Waals surface area (Å²) in [4.78, 5) is 4.52. The molecule has 21 heavy (non-hydrogen) atoms. The summed E-state index contributed by atoms with van der Waals surface area (Å²) in [6, 6.07) is 5.79. The topological polar surface area (TPSA) is 76.9 Å². The first-order valence-corrected chi connectivity index (χ1v) is 7.23. The Bertz CT molecular complexity index is 675. The Kier molecular flexibility index (Phi) is 3.64. The fourth-order valence-electron chi connectivity index (χ4n) is 2.92. The molecule has 1 aromatic carbocycles. The first-order chi connectivity index (χ1) is 10.2. The fraction of sp³-hybridized carbons (Fsp3) is 0.375. The van der Waals surface area contributed by atoms with Crippen LogP contribution in [0.15, 0.2) is 24.5 Å². The first kappa shape index (κ1) is 13.7. The van der Waals surface area contributed by atoms with Gasteiger partial charge in [0.2, 0.25) is 0 Å². The predicted octanol–water partition coefficient (Wildman–Crippen LogP) is 2.10. The summed E-state index contributed by atoms with van der Waals surface area (Å²) in [5, 5.41) is 7.55. The van der Waals surface area contributed by atoms with E-state index >= 15 is 0 Å². The average Bonchev–Trinajstić information content (AvgIpc) is 2.90. The molecule has 0 bridgehead atoms. The second kappa shape index (κ2) is 5.60. The van der Waals surface area contributed by atoms with Crippen molar-refractivity contribution < 1.29 is 4.74 Å². The maximum absolute atomic E-state index is 7.55. The highest BCUT2D eigenvalue weighted by molar-refractivity contribution is 5.97. The van der Waals surface area contributed by atoms with E-state index in [0.29, 0.717) is 11.3 Å². The molecule has 3 rings (SSSR count). The summed E-state index contributed by atoms with van der Waals surface area (Å²) in [6.07, 6.45) is 6.62. The Morgan fingerprint density at radius 3 is 2.95 bits per heavy atom. The minimum Gasteiger partial charge on any atom is -0.496 e. The number of fused-ring (bicyclic) bond motifs is 1. The summed E-state index contributed by atoms with van der Waals surface area (Å²) in [5.41, 5.74) is 9.92. The lowest BCUT2D eigenvalue weighted by molar-refractivity contribution is 0.413. The molecule has 5 heteroatoms. The molecule has 0 unspecified atom stereocenters. The normalized spacial score (nSPS) is 13.8. The van der Waals surface area contributed by atoms with Crippen LogP contribution in [0.3, 0.4) is 0 Å². The number of benzene rings is 1. The minimum absolute atomic E-state index is 0.0263. The van der Waals surface area contributed by atoms with Crippen LogP contribution in [0.4, 0.5) is 0 Å². The molecule has 0 saturated carbocycles. The van der Waals surface area contributed by atoms with Crippen molar-refractivity contribution in [2.24, 2.45) is 5.73 Å². The lowest BCUT2D eigenvalue weighted by atomic mass is 10.0. The number of nitrogens with zero attached hydrogens (tertiary/aromatic N) is 2. The average molecular weight is 284 g/mol. The third-order valence-corrected chi connectivity index (χ3v) is 4.02. The number of aryl methyl sites for hydroxylation is 1. The van der Waals surface area contributed by atoms with Crippen LogP contribution in [-0.2, 0) is 19.4 Å². The van der Waals surface area contributed by atoms with Crippen molar-refractivity contribution in [3.8, 4) is 5.75 Å². The van der Waals surface area contributed by atoms with Gasteiger partial charge in [-0.2, -0.15) is 0 Å². The Balaban J connectivity index is 1.88. The monoisotopic (exact) mass is 284 g/mol. The zero-order chi connectivity index (χ0) is 14.8. The van der Waals surface area contributed by atoms with E-state index in [1.54, 1.807) is 7.11 Å². The van der Waals surface area contributed by atoms with Crippen molar-refractivity contribution >= 4 is 5.84 Å². The first-order valence-electron chi connectivity index (χ1n) is 7.23. The van der Waals surface area contributed by atoms with Gasteiger partial charge in [0.1, 0.15) is 11.6 Å². The number of imidazole rings is 1. The molecule has 1 aromatic heterocycles. The van der Waals surface area contributed by atoms with Gasteiger partial charge in [-0.1, -0.05) is 6.07 Å². The standard InChI is InChI=1S/C16H20N4O/c1-21-15-8-11(6-7-12(15)16(17)18)9-20-10-19-13-4-2-3-5-14(13)20/h6-8,10H,2-5,9H2,1H3,(H3,17,18). The number of hydrogen-bond acceptors (Lipinski definition) is 3. The van der Waals surface area contributed by atoms with Gasteiger partial charge in [0.15, 0.2) is 0 Å². The Morgan fingerprint density at radius 1 is 1.38 bits per heavy atom. The molecule has 2 aromatic rings. The van der Waals surface area contributed by atoms with Gasteiger partial charge in [-0.05, 0) is 43.4 Å². The van der Waals surface area contributed by atoms with Crippen LogP contribution < -0.4 is 10.5 Å². The zero-order valence-electron chi connectivity index (χ0n) is 12.2. The Labute approximate surface area is 124 Å². The van der Waals surface area contributed by atoms with Crippen molar-refractivity contribution in [2.45, 2.75) is 32.2 Å². The lowest BCUT2D eigenvalue weighted by Crippen LogP contribution is -2.13. The predicted molar refractivity (Wildman–Crippen MR) is 82.0 cm³/mol. The molecule has 5 nitrogen and oxygen atoms in total. The second-order valence-electron chi connectivity index (χ2n) is 5.42. The Morgan fingerprint density at radius 2 is 2.19 bits per heavy atom. The molecular formula is C16H20N4O. The number of aromatic nitrogens is 2. The van der Waals surface area contributed by atoms with E-state index in [4.69, 9.17) is 15.9 Å². The van der Waals surface area contributed by atoms with Crippen LogP contribution in [0.1, 0.15) is 35.4 Å². The number of hydrogen-bond donors (Lipinski definition) is 2. The van der Waals surface area contributed by atoms with E-state index in [-0.39, 0.29) is 5.84 Å². The summed E-state index contributed by atoms with van der Waals surface area (Å²) in [5.74, 6) is 0.674. The maximum atomic E-state index is 7.55. The van der Waals surface area contributed by atoms with Crippen LogP contribution in [-0.4, -0.2) is 22.5 Å². The van der Waals surface area contributed by atoms with Crippen LogP contribution in [0.2, 0.25) is 0 Å². The number of nitrogens with one attached hydrogen (secondary N) is 1. The SMILES string of the molecule is COc1cc(Cn2cnc3c2CCCC3)ccc1C(=N)N. The van der Waals surface area contributed by atoms with Crippen molar-refractivity contribution in [3.63, 3.8) is 0 Å². The minimum atomic E-state index is 0.0263. The Hall–Kier alpha value is -2.30. The molecule has 0 atom stereocenters. The maximum Gasteiger partial charge on any atom is 0.130 e. The van der Waals surface area contributed by atoms with E-state index in [1.807, 2.05) is 24.5 Å². The molecule has 1 heterocycles. The van der Waals surface area contributed by atoms with E-state index in [0.717, 1.165) is 24.9 Å². The van der Waals surface area contributed by atoms with E-state index in [2.05, 4.69) is 9.55 Å². The second-order valence-corrected chi connectivity index (χ2v) is 5.42. The van der Waals surface area contributed by atoms with Gasteiger partial charge in [0, 0.05) is 12.2 Å². The molecular weight excluding hydrogens is 264 g/mol. The molecule has 3 N–H and O–H groups in total. The van der Waals surface area contributed by atoms with Crippen molar-refractivity contribution in [1.82, 2.24) is 9.55 Å². The van der Waals surface area contributed by atoms with Crippen molar-refractivity contribution in [2.75, 3.05) is 7.11 Å². The summed E-state index contributed by atoms with van der Waals surface area (Å²) in [7, 11) is 1.60. The summed E-state index contributed by atoms with van der Waals surface area (Å²) in [6.45, 7) is 0.775. The van der Waals surface area contributed by atoms with Gasteiger partial charge in [-0.25, -0.2) is 4.98 Å². The third kappa shape index (κ3) is 2.63. The molecule has 0 amide bonds. The van der Waals surface area contributed by atoms with Gasteiger partial charge in [-0.3, -0.25) is 5.41 Å². The molecule has 0 spiro atoms. The van der Waals surface area contributed by atoms with Gasteiger partial charge in [0.25, 0.3) is 0 Å². The van der Waals surface area contributed by atoms with Gasteiger partial charge in [-0.15, -0.1) is 0 Å². The summed E-state index contributed by atoms with van der Waals surface area (Å²) >= 11 is 0. The smallest absolute Gasteiger partial charge is 0.130 e. The van der Waals surface area contributed by atoms with Gasteiger partial charge in [0.05, 0.1) is 24.7 Å². The van der Waals surface area contributed by atoms with Crippen molar-refractivity contribution in [3.05, 3.63) is 47.0 Å². The highest BCUT2D eigenvalue weighted by Crippen LogP contribution is 2.23. The van der Waals surface area contributed by atoms with Crippen LogP contribution in [0.25, 0.3) is 0 Å². The third-order valence-electron chi connectivity index (χ3n) is 4.02. The number of ether oxygens (including phenoxy) is 1. The fourth-order valence-corrected chi connectivity index (χ4v) is 2.92. The quantitative estimate of drug-likeness (QED) is 0.667. The van der Waals surface area contributed by atoms with Crippen molar-refractivity contribution in [1.29, 1.82) is 5.41 Å². The molecule has 0 aliphatic heterocycles. The van der Waals surface area contributed by atoms with E-state index < -0.39 is 0 Å². The molecule has 110 valence electrons. The number of methoxy groups -OCH3 is 1. The molecule has 0 fully saturated rings. The highest BCUT2D eigenvalue weighted by Gasteiger charge is 2.15. The molecule has 1 aliphatic carbocycles. The lowest BCUT2D eigenvalue weighted by Gasteiger charge is -2.15. The molecule has 0 saturated heterocycles. The largest absolute Gasteiger partial charge is 0.496 e. The number of rotatable bonds is 4. The number of nitrogens with two attached hydrogens (primary N) is 1. The number of amidine groups is 1. The van der Waals surface area contributed by atoms with Gasteiger partial charge < -0.3 is 15.0 Å². The molecule has 1 aliphatic rings. The zero-order valence-corrected chi connectivity index (χ0v) is 12.2. The number of nitrogen functional groups attached to an aromatic ring is 1. The van der Waals surface area contributed by atoms with E-state index in [9.17, 15) is 0 Å². The molecule has 0 radical (unpaired) electrons. The van der Waals surface area contributed by atoms with Crippen LogP contribution in [0.5, 0.6) is 5.75 Å². The highest BCUT2D eigenvalue weighted by atomic mass is 16.5. The summed E-state index contributed by atoms with van der Waals surface area (Å²) < 4.78 is 7.55. The van der Waals surface area contributed by atoms with E-state index in [1.165, 1.54) is 24.2 Å². The van der Waals surface area contributed by atoms with Crippen LogP contribution >= 0.6 is 0 Å². The van der Waals surface area contributed by atoms with Crippen LogP contribution in [0, 0.1) is 5.41 Å². The van der Waals surface area contributed by atoms with Gasteiger partial charge >= 0.3 is 0 Å².